The fraction of sp³-hybridized carbons (Fsp3) is 0.412. The van der Waals surface area contributed by atoms with Gasteiger partial charge in [-0.15, -0.1) is 11.3 Å². The zero-order valence-electron chi connectivity index (χ0n) is 14.4. The molecule has 1 N–H and O–H groups in total. The molecule has 2 aromatic heterocycles. The van der Waals surface area contributed by atoms with Crippen molar-refractivity contribution in [2.45, 2.75) is 32.3 Å². The molecule has 6 nitrogen and oxygen atoms in total. The minimum atomic E-state index is -0.395. The van der Waals surface area contributed by atoms with Crippen molar-refractivity contribution < 1.29 is 14.3 Å². The van der Waals surface area contributed by atoms with Crippen LogP contribution in [-0.2, 0) is 16.0 Å². The molecular weight excluding hydrogens is 358 g/mol. The van der Waals surface area contributed by atoms with Gasteiger partial charge in [-0.1, -0.05) is 25.6 Å². The number of ether oxygens (including phenoxy) is 1. The highest BCUT2D eigenvalue weighted by molar-refractivity contribution is 7.99. The number of carbonyl (C=O) groups is 2. The summed E-state index contributed by atoms with van der Waals surface area (Å²) in [6.45, 7) is 6.23. The van der Waals surface area contributed by atoms with E-state index in [1.54, 1.807) is 25.4 Å². The zero-order chi connectivity index (χ0) is 18.2. The fourth-order valence-corrected chi connectivity index (χ4v) is 3.74. The molecule has 0 atom stereocenters. The van der Waals surface area contributed by atoms with Crippen molar-refractivity contribution >= 4 is 40.0 Å². The molecule has 2 heterocycles. The summed E-state index contributed by atoms with van der Waals surface area (Å²) in [6, 6.07) is 1.72. The zero-order valence-corrected chi connectivity index (χ0v) is 16.1. The predicted molar refractivity (Wildman–Crippen MR) is 100 cm³/mol. The van der Waals surface area contributed by atoms with Crippen molar-refractivity contribution in [1.29, 1.82) is 0 Å². The second kappa shape index (κ2) is 9.53. The number of hydrogen-bond acceptors (Lipinski definition) is 7. The Bertz CT molecular complexity index is 717. The second-order valence-corrected chi connectivity index (χ2v) is 7.47. The first-order chi connectivity index (χ1) is 12.0. The van der Waals surface area contributed by atoms with Crippen LogP contribution >= 0.6 is 23.1 Å². The minimum Gasteiger partial charge on any atom is -0.462 e. The van der Waals surface area contributed by atoms with Crippen molar-refractivity contribution in [2.24, 2.45) is 5.92 Å². The SMILES string of the molecule is CCOC(=O)c1c(CC(C)C)csc1NC(=O)CSc1ncccn1. The Morgan fingerprint density at radius 2 is 2.04 bits per heavy atom. The second-order valence-electron chi connectivity index (χ2n) is 5.65. The maximum atomic E-state index is 12.3. The van der Waals surface area contributed by atoms with Crippen LogP contribution in [0.2, 0.25) is 0 Å². The number of carbonyl (C=O) groups excluding carboxylic acids is 2. The number of esters is 1. The average Bonchev–Trinajstić information content (AvgIpc) is 2.95. The van der Waals surface area contributed by atoms with Gasteiger partial charge in [0.1, 0.15) is 5.00 Å². The van der Waals surface area contributed by atoms with Gasteiger partial charge in [-0.3, -0.25) is 4.79 Å². The van der Waals surface area contributed by atoms with E-state index in [-0.39, 0.29) is 11.7 Å². The Balaban J connectivity index is 2.08. The summed E-state index contributed by atoms with van der Waals surface area (Å²) in [5, 5.41) is 5.80. The topological polar surface area (TPSA) is 81.2 Å². The van der Waals surface area contributed by atoms with Gasteiger partial charge in [0.05, 0.1) is 17.9 Å². The van der Waals surface area contributed by atoms with Crippen molar-refractivity contribution in [1.82, 2.24) is 9.97 Å². The van der Waals surface area contributed by atoms with Crippen LogP contribution < -0.4 is 5.32 Å². The summed E-state index contributed by atoms with van der Waals surface area (Å²) < 4.78 is 5.15. The molecule has 0 radical (unpaired) electrons. The first-order valence-electron chi connectivity index (χ1n) is 7.98. The molecule has 8 heteroatoms. The molecule has 0 aliphatic carbocycles. The molecule has 1 amide bonds. The van der Waals surface area contributed by atoms with Crippen LogP contribution in [0.4, 0.5) is 5.00 Å². The van der Waals surface area contributed by atoms with E-state index in [1.165, 1.54) is 23.1 Å². The van der Waals surface area contributed by atoms with Crippen molar-refractivity contribution in [3.05, 3.63) is 35.0 Å². The van der Waals surface area contributed by atoms with Gasteiger partial charge in [-0.2, -0.15) is 0 Å². The van der Waals surface area contributed by atoms with Gasteiger partial charge in [0.15, 0.2) is 5.16 Å². The number of rotatable bonds is 8. The number of anilines is 1. The molecule has 0 aliphatic rings. The molecule has 0 saturated carbocycles. The number of thioether (sulfide) groups is 1. The van der Waals surface area contributed by atoms with E-state index >= 15 is 0 Å². The number of nitrogens with one attached hydrogen (secondary N) is 1. The Labute approximate surface area is 155 Å². The van der Waals surface area contributed by atoms with E-state index in [9.17, 15) is 9.59 Å². The molecular formula is C17H21N3O3S2. The number of hydrogen-bond donors (Lipinski definition) is 1. The van der Waals surface area contributed by atoms with E-state index in [2.05, 4.69) is 29.1 Å². The van der Waals surface area contributed by atoms with E-state index in [1.807, 2.05) is 5.38 Å². The maximum absolute atomic E-state index is 12.3. The monoisotopic (exact) mass is 379 g/mol. The lowest BCUT2D eigenvalue weighted by molar-refractivity contribution is -0.113. The molecule has 0 unspecified atom stereocenters. The van der Waals surface area contributed by atoms with Crippen LogP contribution in [-0.4, -0.2) is 34.2 Å². The molecule has 25 heavy (non-hydrogen) atoms. The van der Waals surface area contributed by atoms with E-state index in [0.717, 1.165) is 12.0 Å². The highest BCUT2D eigenvalue weighted by Gasteiger charge is 2.22. The summed E-state index contributed by atoms with van der Waals surface area (Å²) in [4.78, 5) is 32.6. The summed E-state index contributed by atoms with van der Waals surface area (Å²) in [5.41, 5.74) is 1.38. The fourth-order valence-electron chi connectivity index (χ4n) is 2.16. The van der Waals surface area contributed by atoms with Crippen LogP contribution in [0, 0.1) is 5.92 Å². The Hall–Kier alpha value is -1.93. The third-order valence-electron chi connectivity index (χ3n) is 3.10. The van der Waals surface area contributed by atoms with Gasteiger partial charge >= 0.3 is 5.97 Å². The molecule has 0 saturated heterocycles. The average molecular weight is 380 g/mol. The normalized spacial score (nSPS) is 10.7. The summed E-state index contributed by atoms with van der Waals surface area (Å²) >= 11 is 2.59. The van der Waals surface area contributed by atoms with Crippen molar-refractivity contribution in [3.63, 3.8) is 0 Å². The Morgan fingerprint density at radius 1 is 1.32 bits per heavy atom. The lowest BCUT2D eigenvalue weighted by atomic mass is 10.0. The van der Waals surface area contributed by atoms with Crippen LogP contribution in [0.1, 0.15) is 36.7 Å². The first-order valence-corrected chi connectivity index (χ1v) is 9.85. The molecule has 0 aliphatic heterocycles. The number of aromatic nitrogens is 2. The van der Waals surface area contributed by atoms with Crippen molar-refractivity contribution in [3.8, 4) is 0 Å². The molecule has 2 rings (SSSR count). The number of thiophene rings is 1. The molecule has 0 bridgehead atoms. The van der Waals surface area contributed by atoms with E-state index < -0.39 is 5.97 Å². The van der Waals surface area contributed by atoms with Gasteiger partial charge in [0.2, 0.25) is 5.91 Å². The minimum absolute atomic E-state index is 0.170. The number of nitrogens with zero attached hydrogens (tertiary/aromatic N) is 2. The summed E-state index contributed by atoms with van der Waals surface area (Å²) in [6.07, 6.45) is 4.01. The summed E-state index contributed by atoms with van der Waals surface area (Å²) in [5.74, 6) is -0.0317. The lowest BCUT2D eigenvalue weighted by Crippen LogP contribution is -2.17. The number of amides is 1. The van der Waals surface area contributed by atoms with Crippen LogP contribution in [0.5, 0.6) is 0 Å². The van der Waals surface area contributed by atoms with Gasteiger partial charge in [-0.25, -0.2) is 14.8 Å². The first kappa shape index (κ1) is 19.4. The predicted octanol–water partition coefficient (Wildman–Crippen LogP) is 3.64. The largest absolute Gasteiger partial charge is 0.462 e. The molecule has 0 spiro atoms. The Kier molecular flexibility index (Phi) is 7.39. The van der Waals surface area contributed by atoms with Gasteiger partial charge < -0.3 is 10.1 Å². The van der Waals surface area contributed by atoms with Crippen LogP contribution in [0.15, 0.2) is 29.0 Å². The highest BCUT2D eigenvalue weighted by atomic mass is 32.2. The lowest BCUT2D eigenvalue weighted by Gasteiger charge is -2.09. The highest BCUT2D eigenvalue weighted by Crippen LogP contribution is 2.31. The van der Waals surface area contributed by atoms with Gasteiger partial charge in [-0.05, 0) is 36.3 Å². The maximum Gasteiger partial charge on any atom is 0.341 e. The smallest absolute Gasteiger partial charge is 0.341 e. The molecule has 0 aromatic carbocycles. The standard InChI is InChI=1S/C17H21N3O3S2/c1-4-23-16(22)14-12(8-11(2)3)9-24-15(14)20-13(21)10-25-17-18-6-5-7-19-17/h5-7,9,11H,4,8,10H2,1-3H3,(H,20,21). The summed E-state index contributed by atoms with van der Waals surface area (Å²) in [7, 11) is 0. The van der Waals surface area contributed by atoms with Crippen LogP contribution in [0.25, 0.3) is 0 Å². The molecule has 134 valence electrons. The van der Waals surface area contributed by atoms with Gasteiger partial charge in [0.25, 0.3) is 0 Å². The van der Waals surface area contributed by atoms with E-state index in [0.29, 0.717) is 28.2 Å². The van der Waals surface area contributed by atoms with Crippen LogP contribution in [0.3, 0.4) is 0 Å². The molecule has 2 aromatic rings. The third-order valence-corrected chi connectivity index (χ3v) is 4.92. The van der Waals surface area contributed by atoms with E-state index in [4.69, 9.17) is 4.74 Å². The quantitative estimate of drug-likeness (QED) is 0.428. The molecule has 0 fully saturated rings. The van der Waals surface area contributed by atoms with Gasteiger partial charge in [0, 0.05) is 12.4 Å². The Morgan fingerprint density at radius 3 is 2.68 bits per heavy atom. The van der Waals surface area contributed by atoms with Crippen molar-refractivity contribution in [2.75, 3.05) is 17.7 Å². The third kappa shape index (κ3) is 5.82.